The van der Waals surface area contributed by atoms with Crippen LogP contribution in [0.2, 0.25) is 0 Å². The van der Waals surface area contributed by atoms with Crippen molar-refractivity contribution in [3.63, 3.8) is 0 Å². The van der Waals surface area contributed by atoms with E-state index in [2.05, 4.69) is 5.32 Å². The van der Waals surface area contributed by atoms with Gasteiger partial charge in [-0.05, 0) is 31.4 Å². The second-order valence-corrected chi connectivity index (χ2v) is 4.82. The predicted molar refractivity (Wildman–Crippen MR) is 71.6 cm³/mol. The van der Waals surface area contributed by atoms with Gasteiger partial charge >= 0.3 is 5.69 Å². The quantitative estimate of drug-likeness (QED) is 0.584. The molecule has 0 aliphatic heterocycles. The lowest BCUT2D eigenvalue weighted by Crippen LogP contribution is -2.26. The molecule has 0 unspecified atom stereocenters. The molecule has 6 nitrogen and oxygen atoms in total. The molecule has 0 atom stereocenters. The molecule has 1 aromatic carbocycles. The predicted octanol–water partition coefficient (Wildman–Crippen LogP) is 2.32. The van der Waals surface area contributed by atoms with Crippen molar-refractivity contribution in [3.8, 4) is 5.75 Å². The second-order valence-electron chi connectivity index (χ2n) is 4.82. The van der Waals surface area contributed by atoms with Crippen molar-refractivity contribution in [1.29, 1.82) is 0 Å². The van der Waals surface area contributed by atoms with E-state index in [1.165, 1.54) is 0 Å². The van der Waals surface area contributed by atoms with Crippen LogP contribution in [0.5, 0.6) is 5.75 Å². The molecule has 104 valence electrons. The van der Waals surface area contributed by atoms with Crippen LogP contribution in [-0.4, -0.2) is 28.8 Å². The molecule has 19 heavy (non-hydrogen) atoms. The van der Waals surface area contributed by atoms with E-state index in [0.717, 1.165) is 19.3 Å². The SMILES string of the molecule is CCCOc1cccc(NC2(CO)CC2)c1[N+](=O)[O-]. The molecule has 0 aromatic heterocycles. The summed E-state index contributed by atoms with van der Waals surface area (Å²) in [5, 5.41) is 23.6. The van der Waals surface area contributed by atoms with Gasteiger partial charge < -0.3 is 15.2 Å². The van der Waals surface area contributed by atoms with Gasteiger partial charge in [-0.15, -0.1) is 0 Å². The van der Waals surface area contributed by atoms with Gasteiger partial charge in [0.2, 0.25) is 0 Å². The lowest BCUT2D eigenvalue weighted by atomic mass is 10.2. The van der Waals surface area contributed by atoms with Crippen molar-refractivity contribution in [2.45, 2.75) is 31.7 Å². The summed E-state index contributed by atoms with van der Waals surface area (Å²) in [5.74, 6) is 0.269. The normalized spacial score (nSPS) is 15.9. The van der Waals surface area contributed by atoms with Crippen LogP contribution in [0.15, 0.2) is 18.2 Å². The van der Waals surface area contributed by atoms with Gasteiger partial charge in [0, 0.05) is 0 Å². The number of nitrogens with zero attached hydrogens (tertiary/aromatic N) is 1. The molecule has 0 amide bonds. The van der Waals surface area contributed by atoms with Crippen molar-refractivity contribution in [2.75, 3.05) is 18.5 Å². The highest BCUT2D eigenvalue weighted by Crippen LogP contribution is 2.43. The fourth-order valence-electron chi connectivity index (χ4n) is 1.90. The fraction of sp³-hybridized carbons (Fsp3) is 0.538. The molecule has 1 saturated carbocycles. The number of rotatable bonds is 7. The van der Waals surface area contributed by atoms with E-state index in [0.29, 0.717) is 12.3 Å². The highest BCUT2D eigenvalue weighted by molar-refractivity contribution is 5.69. The standard InChI is InChI=1S/C13H18N2O4/c1-2-8-19-11-5-3-4-10(12(11)15(17)18)14-13(9-16)6-7-13/h3-5,14,16H,2,6-9H2,1H3. The lowest BCUT2D eigenvalue weighted by Gasteiger charge is -2.17. The number of anilines is 1. The summed E-state index contributed by atoms with van der Waals surface area (Å²) in [6.07, 6.45) is 2.43. The number of para-hydroxylation sites is 1. The zero-order chi connectivity index (χ0) is 13.9. The number of ether oxygens (including phenoxy) is 1. The van der Waals surface area contributed by atoms with Gasteiger partial charge in [0.15, 0.2) is 5.75 Å². The Bertz CT molecular complexity index is 472. The molecule has 0 radical (unpaired) electrons. The first kappa shape index (κ1) is 13.6. The number of nitrogens with one attached hydrogen (secondary N) is 1. The highest BCUT2D eigenvalue weighted by Gasteiger charge is 2.43. The minimum absolute atomic E-state index is 0.0236. The summed E-state index contributed by atoms with van der Waals surface area (Å²) in [6.45, 7) is 2.36. The number of hydrogen-bond donors (Lipinski definition) is 2. The third kappa shape index (κ3) is 2.96. The Kier molecular flexibility index (Phi) is 3.90. The van der Waals surface area contributed by atoms with Crippen LogP contribution in [0.4, 0.5) is 11.4 Å². The van der Waals surface area contributed by atoms with Crippen molar-refractivity contribution in [1.82, 2.24) is 0 Å². The molecular weight excluding hydrogens is 248 g/mol. The Hall–Kier alpha value is -1.82. The molecule has 0 saturated heterocycles. The van der Waals surface area contributed by atoms with Crippen LogP contribution in [0.1, 0.15) is 26.2 Å². The van der Waals surface area contributed by atoms with Crippen LogP contribution in [-0.2, 0) is 0 Å². The maximum atomic E-state index is 11.2. The number of aliphatic hydroxyl groups excluding tert-OH is 1. The van der Waals surface area contributed by atoms with Crippen LogP contribution in [0.25, 0.3) is 0 Å². The number of nitro groups is 1. The third-order valence-corrected chi connectivity index (χ3v) is 3.20. The minimum atomic E-state index is -0.444. The molecule has 0 heterocycles. The summed E-state index contributed by atoms with van der Waals surface area (Å²) in [7, 11) is 0. The van der Waals surface area contributed by atoms with E-state index in [1.807, 2.05) is 6.92 Å². The lowest BCUT2D eigenvalue weighted by molar-refractivity contribution is -0.385. The molecular formula is C13H18N2O4. The molecule has 0 spiro atoms. The van der Waals surface area contributed by atoms with Gasteiger partial charge in [-0.2, -0.15) is 0 Å². The van der Waals surface area contributed by atoms with Gasteiger partial charge in [-0.3, -0.25) is 10.1 Å². The molecule has 1 aliphatic rings. The zero-order valence-electron chi connectivity index (χ0n) is 10.9. The first-order chi connectivity index (χ1) is 9.12. The van der Waals surface area contributed by atoms with Crippen molar-refractivity contribution in [2.24, 2.45) is 0 Å². The van der Waals surface area contributed by atoms with E-state index in [9.17, 15) is 15.2 Å². The Balaban J connectivity index is 2.28. The number of nitro benzene ring substituents is 1. The summed E-state index contributed by atoms with van der Waals surface area (Å²) in [6, 6.07) is 4.96. The highest BCUT2D eigenvalue weighted by atomic mass is 16.6. The summed E-state index contributed by atoms with van der Waals surface area (Å²) >= 11 is 0. The van der Waals surface area contributed by atoms with Gasteiger partial charge in [-0.25, -0.2) is 0 Å². The van der Waals surface area contributed by atoms with E-state index >= 15 is 0 Å². The Morgan fingerprint density at radius 3 is 2.79 bits per heavy atom. The maximum absolute atomic E-state index is 11.2. The topological polar surface area (TPSA) is 84.6 Å². The van der Waals surface area contributed by atoms with E-state index in [4.69, 9.17) is 4.74 Å². The Labute approximate surface area is 111 Å². The van der Waals surface area contributed by atoms with Crippen LogP contribution >= 0.6 is 0 Å². The van der Waals surface area contributed by atoms with Gasteiger partial charge in [0.1, 0.15) is 5.69 Å². The van der Waals surface area contributed by atoms with Crippen molar-refractivity contribution in [3.05, 3.63) is 28.3 Å². The Morgan fingerprint density at radius 2 is 2.26 bits per heavy atom. The van der Waals surface area contributed by atoms with Crippen LogP contribution in [0.3, 0.4) is 0 Å². The summed E-state index contributed by atoms with van der Waals surface area (Å²) < 4.78 is 5.41. The van der Waals surface area contributed by atoms with Gasteiger partial charge in [0.05, 0.1) is 23.7 Å². The first-order valence-corrected chi connectivity index (χ1v) is 6.41. The minimum Gasteiger partial charge on any atom is -0.487 e. The van der Waals surface area contributed by atoms with Crippen LogP contribution < -0.4 is 10.1 Å². The smallest absolute Gasteiger partial charge is 0.333 e. The average Bonchev–Trinajstić information content (AvgIpc) is 3.16. The monoisotopic (exact) mass is 266 g/mol. The first-order valence-electron chi connectivity index (χ1n) is 6.41. The van der Waals surface area contributed by atoms with E-state index in [-0.39, 0.29) is 18.0 Å². The van der Waals surface area contributed by atoms with Crippen molar-refractivity contribution >= 4 is 11.4 Å². The van der Waals surface area contributed by atoms with E-state index in [1.54, 1.807) is 18.2 Å². The molecule has 1 fully saturated rings. The number of benzene rings is 1. The van der Waals surface area contributed by atoms with Crippen LogP contribution in [0, 0.1) is 10.1 Å². The molecule has 2 N–H and O–H groups in total. The largest absolute Gasteiger partial charge is 0.487 e. The summed E-state index contributed by atoms with van der Waals surface area (Å²) in [4.78, 5) is 10.8. The molecule has 0 bridgehead atoms. The van der Waals surface area contributed by atoms with Crippen molar-refractivity contribution < 1.29 is 14.8 Å². The van der Waals surface area contributed by atoms with Gasteiger partial charge in [0.25, 0.3) is 0 Å². The maximum Gasteiger partial charge on any atom is 0.333 e. The summed E-state index contributed by atoms with van der Waals surface area (Å²) in [5.41, 5.74) is -0.0467. The van der Waals surface area contributed by atoms with E-state index < -0.39 is 10.5 Å². The zero-order valence-corrected chi connectivity index (χ0v) is 10.9. The number of hydrogen-bond acceptors (Lipinski definition) is 5. The molecule has 6 heteroatoms. The molecule has 2 rings (SSSR count). The second kappa shape index (κ2) is 5.44. The Morgan fingerprint density at radius 1 is 1.53 bits per heavy atom. The van der Waals surface area contributed by atoms with Gasteiger partial charge in [-0.1, -0.05) is 13.0 Å². The number of aliphatic hydroxyl groups is 1. The third-order valence-electron chi connectivity index (χ3n) is 3.20. The average molecular weight is 266 g/mol. The molecule has 1 aromatic rings. The molecule has 1 aliphatic carbocycles. The fourth-order valence-corrected chi connectivity index (χ4v) is 1.90.